The first kappa shape index (κ1) is 34.0. The van der Waals surface area contributed by atoms with E-state index in [4.69, 9.17) is 4.74 Å². The lowest BCUT2D eigenvalue weighted by atomic mass is 9.97. The number of ether oxygens (including phenoxy) is 1. The maximum atomic E-state index is 14.3. The molecule has 43 heavy (non-hydrogen) atoms. The van der Waals surface area contributed by atoms with Gasteiger partial charge in [-0.1, -0.05) is 50.2 Å². The van der Waals surface area contributed by atoms with Gasteiger partial charge in [-0.15, -0.1) is 0 Å². The van der Waals surface area contributed by atoms with E-state index in [2.05, 4.69) is 10.6 Å². The van der Waals surface area contributed by atoms with Crippen LogP contribution in [0, 0.1) is 5.92 Å². The maximum Gasteiger partial charge on any atom is 0.410 e. The third-order valence-electron chi connectivity index (χ3n) is 6.69. The van der Waals surface area contributed by atoms with Crippen molar-refractivity contribution in [1.29, 1.82) is 0 Å². The van der Waals surface area contributed by atoms with E-state index in [0.29, 0.717) is 11.1 Å². The Bertz CT molecular complexity index is 1420. The fourth-order valence-electron chi connectivity index (χ4n) is 4.61. The van der Waals surface area contributed by atoms with E-state index in [-0.39, 0.29) is 35.9 Å². The number of amides is 2. The molecule has 0 bridgehead atoms. The minimum atomic E-state index is -4.76. The zero-order chi connectivity index (χ0) is 32.3. The summed E-state index contributed by atoms with van der Waals surface area (Å²) >= 11 is 0. The van der Waals surface area contributed by atoms with E-state index >= 15 is 0 Å². The highest BCUT2D eigenvalue weighted by Crippen LogP contribution is 2.35. The first-order valence-corrected chi connectivity index (χ1v) is 15.7. The molecule has 2 amide bonds. The van der Waals surface area contributed by atoms with E-state index < -0.39 is 57.5 Å². The van der Waals surface area contributed by atoms with Crippen LogP contribution in [0.15, 0.2) is 53.4 Å². The summed E-state index contributed by atoms with van der Waals surface area (Å²) in [6.07, 6.45) is -4.34. The second-order valence-electron chi connectivity index (χ2n) is 12.1. The van der Waals surface area contributed by atoms with Crippen LogP contribution in [-0.2, 0) is 24.2 Å². The third-order valence-corrected chi connectivity index (χ3v) is 7.81. The van der Waals surface area contributed by atoms with Crippen molar-refractivity contribution in [2.45, 2.75) is 75.8 Å². The van der Waals surface area contributed by atoms with Gasteiger partial charge in [-0.3, -0.25) is 19.8 Å². The van der Waals surface area contributed by atoms with Crippen molar-refractivity contribution in [1.82, 2.24) is 15.5 Å². The van der Waals surface area contributed by atoms with Crippen molar-refractivity contribution in [3.05, 3.63) is 54.1 Å². The van der Waals surface area contributed by atoms with Crippen LogP contribution < -0.4 is 10.6 Å². The van der Waals surface area contributed by atoms with Crippen molar-refractivity contribution in [3.8, 4) is 11.1 Å². The number of likely N-dealkylation sites (tertiary alicyclic amines) is 1. The van der Waals surface area contributed by atoms with E-state index in [1.807, 2.05) is 0 Å². The molecule has 0 aliphatic carbocycles. The molecule has 0 radical (unpaired) electrons. The van der Waals surface area contributed by atoms with Gasteiger partial charge in [0.05, 0.1) is 24.0 Å². The minimum Gasteiger partial charge on any atom is -0.444 e. The van der Waals surface area contributed by atoms with Gasteiger partial charge in [-0.05, 0) is 61.9 Å². The largest absolute Gasteiger partial charge is 0.444 e. The number of ketones is 1. The number of carbonyl (C=O) groups excluding carboxylic acids is 3. The number of nitrogens with zero attached hydrogens (tertiary/aromatic N) is 1. The molecule has 0 aromatic heterocycles. The standard InChI is InChI=1S/C30H38F3N3O6S/c1-18(2)15-23(27(38)35-24-16-36(17-25(24)37)28(39)42-29(3,4)5)34-26(30(31,32)33)21-9-7-19(8-10-21)20-11-13-22(14-12-20)43(6,40)41/h7-14,18,23-24,26,34H,15-17H2,1-6H3,(H,35,38)/t23-,24?,26?/m0/s1. The predicted octanol–water partition coefficient (Wildman–Crippen LogP) is 4.67. The van der Waals surface area contributed by atoms with Crippen molar-refractivity contribution in [2.75, 3.05) is 19.3 Å². The summed E-state index contributed by atoms with van der Waals surface area (Å²) in [5.41, 5.74) is 0.282. The van der Waals surface area contributed by atoms with Crippen LogP contribution in [0.4, 0.5) is 18.0 Å². The van der Waals surface area contributed by atoms with Gasteiger partial charge in [-0.25, -0.2) is 13.2 Å². The molecule has 1 aliphatic rings. The Kier molecular flexibility index (Phi) is 10.3. The second kappa shape index (κ2) is 13.0. The molecule has 0 saturated carbocycles. The first-order chi connectivity index (χ1) is 19.7. The molecule has 1 heterocycles. The molecule has 13 heteroatoms. The van der Waals surface area contributed by atoms with Gasteiger partial charge in [0.2, 0.25) is 5.91 Å². The molecule has 2 aromatic carbocycles. The molecule has 2 aromatic rings. The molecule has 3 atom stereocenters. The van der Waals surface area contributed by atoms with Gasteiger partial charge < -0.3 is 10.1 Å². The summed E-state index contributed by atoms with van der Waals surface area (Å²) in [7, 11) is -3.40. The lowest BCUT2D eigenvalue weighted by molar-refractivity contribution is -0.161. The molecular formula is C30H38F3N3O6S. The SMILES string of the molecule is CC(C)C[C@H](NC(c1ccc(-c2ccc(S(C)(=O)=O)cc2)cc1)C(F)(F)F)C(=O)NC1CN(C(=O)OC(C)(C)C)CC1=O. The number of benzene rings is 2. The fraction of sp³-hybridized carbons (Fsp3) is 0.500. The number of sulfone groups is 1. The quantitative estimate of drug-likeness (QED) is 0.416. The summed E-state index contributed by atoms with van der Waals surface area (Å²) in [6, 6.07) is 7.02. The number of hydrogen-bond donors (Lipinski definition) is 2. The topological polar surface area (TPSA) is 122 Å². The predicted molar refractivity (Wildman–Crippen MR) is 155 cm³/mol. The molecular weight excluding hydrogens is 587 g/mol. The van der Waals surface area contributed by atoms with Crippen LogP contribution in [0.2, 0.25) is 0 Å². The normalized spacial score (nSPS) is 17.6. The average molecular weight is 626 g/mol. The summed E-state index contributed by atoms with van der Waals surface area (Å²) < 4.78 is 71.7. The Morgan fingerprint density at radius 1 is 1.00 bits per heavy atom. The van der Waals surface area contributed by atoms with Gasteiger partial charge in [0, 0.05) is 6.26 Å². The number of hydrogen-bond acceptors (Lipinski definition) is 7. The zero-order valence-electron chi connectivity index (χ0n) is 25.0. The van der Waals surface area contributed by atoms with Crippen LogP contribution >= 0.6 is 0 Å². The van der Waals surface area contributed by atoms with Crippen molar-refractivity contribution in [3.63, 3.8) is 0 Å². The molecule has 1 fully saturated rings. The van der Waals surface area contributed by atoms with Crippen LogP contribution in [0.3, 0.4) is 0 Å². The Morgan fingerprint density at radius 2 is 1.53 bits per heavy atom. The van der Waals surface area contributed by atoms with E-state index in [1.54, 1.807) is 46.8 Å². The highest BCUT2D eigenvalue weighted by molar-refractivity contribution is 7.90. The lowest BCUT2D eigenvalue weighted by Crippen LogP contribution is -2.53. The van der Waals surface area contributed by atoms with Crippen LogP contribution in [-0.4, -0.2) is 74.3 Å². The number of alkyl halides is 3. The summed E-state index contributed by atoms with van der Waals surface area (Å²) in [6.45, 7) is 8.12. The fourth-order valence-corrected chi connectivity index (χ4v) is 5.25. The molecule has 0 spiro atoms. The second-order valence-corrected chi connectivity index (χ2v) is 14.1. The summed E-state index contributed by atoms with van der Waals surface area (Å²) in [4.78, 5) is 39.5. The monoisotopic (exact) mass is 625 g/mol. The number of halogens is 3. The molecule has 3 rings (SSSR count). The zero-order valence-corrected chi connectivity index (χ0v) is 25.8. The number of nitrogens with one attached hydrogen (secondary N) is 2. The number of rotatable bonds is 9. The van der Waals surface area contributed by atoms with E-state index in [9.17, 15) is 36.0 Å². The van der Waals surface area contributed by atoms with Gasteiger partial charge >= 0.3 is 12.3 Å². The molecule has 1 aliphatic heterocycles. The van der Waals surface area contributed by atoms with E-state index in [1.165, 1.54) is 36.4 Å². The molecule has 236 valence electrons. The Hall–Kier alpha value is -3.45. The Morgan fingerprint density at radius 3 is 2.00 bits per heavy atom. The maximum absolute atomic E-state index is 14.3. The van der Waals surface area contributed by atoms with Gasteiger partial charge in [-0.2, -0.15) is 13.2 Å². The average Bonchev–Trinajstić information content (AvgIpc) is 3.24. The number of carbonyl (C=O) groups is 3. The Balaban J connectivity index is 1.78. The summed E-state index contributed by atoms with van der Waals surface area (Å²) in [5.74, 6) is -1.39. The van der Waals surface area contributed by atoms with E-state index in [0.717, 1.165) is 11.2 Å². The first-order valence-electron chi connectivity index (χ1n) is 13.8. The highest BCUT2D eigenvalue weighted by Gasteiger charge is 2.44. The van der Waals surface area contributed by atoms with Crippen LogP contribution in [0.1, 0.15) is 52.6 Å². The van der Waals surface area contributed by atoms with Gasteiger partial charge in [0.1, 0.15) is 17.7 Å². The van der Waals surface area contributed by atoms with Crippen molar-refractivity contribution >= 4 is 27.6 Å². The molecule has 2 unspecified atom stereocenters. The minimum absolute atomic E-state index is 0.0554. The molecule has 9 nitrogen and oxygen atoms in total. The van der Waals surface area contributed by atoms with Crippen LogP contribution in [0.25, 0.3) is 11.1 Å². The van der Waals surface area contributed by atoms with Crippen LogP contribution in [0.5, 0.6) is 0 Å². The molecule has 1 saturated heterocycles. The third kappa shape index (κ3) is 9.52. The van der Waals surface area contributed by atoms with Crippen molar-refractivity contribution < 1.29 is 40.7 Å². The van der Waals surface area contributed by atoms with Gasteiger partial charge in [0.15, 0.2) is 15.6 Å². The lowest BCUT2D eigenvalue weighted by Gasteiger charge is -2.29. The van der Waals surface area contributed by atoms with Crippen molar-refractivity contribution in [2.24, 2.45) is 5.92 Å². The summed E-state index contributed by atoms with van der Waals surface area (Å²) in [5, 5.41) is 4.98. The van der Waals surface area contributed by atoms with Gasteiger partial charge in [0.25, 0.3) is 0 Å². The highest BCUT2D eigenvalue weighted by atomic mass is 32.2. The Labute approximate surface area is 250 Å². The molecule has 2 N–H and O–H groups in total. The number of Topliss-reactive ketones (excluding diaryl/α,β-unsaturated/α-hetero) is 1. The smallest absolute Gasteiger partial charge is 0.410 e.